The van der Waals surface area contributed by atoms with Crippen molar-refractivity contribution in [2.75, 3.05) is 0 Å². The largest absolute Gasteiger partial charge is 0.477 e. The molecule has 2 rings (SSSR count). The minimum atomic E-state index is -1.10. The normalized spacial score (nSPS) is 11.1. The maximum absolute atomic E-state index is 14.0. The molecule has 0 spiro atoms. The van der Waals surface area contributed by atoms with E-state index in [4.69, 9.17) is 5.11 Å². The zero-order valence-corrected chi connectivity index (χ0v) is 11.4. The SMILES string of the molecule is Cc1cc(F)c(-c2ccc(C(=O)O)n2C(C)C)cc1F. The lowest BCUT2D eigenvalue weighted by Crippen LogP contribution is -2.12. The average Bonchev–Trinajstić information content (AvgIpc) is 2.78. The van der Waals surface area contributed by atoms with E-state index in [1.165, 1.54) is 23.6 Å². The molecule has 0 bridgehead atoms. The van der Waals surface area contributed by atoms with Crippen LogP contribution in [0.1, 0.15) is 35.9 Å². The first-order chi connectivity index (χ1) is 9.32. The van der Waals surface area contributed by atoms with Gasteiger partial charge in [-0.1, -0.05) is 0 Å². The van der Waals surface area contributed by atoms with E-state index in [9.17, 15) is 13.6 Å². The lowest BCUT2D eigenvalue weighted by Gasteiger charge is -2.16. The van der Waals surface area contributed by atoms with Crippen molar-refractivity contribution in [1.82, 2.24) is 4.57 Å². The number of aryl methyl sites for hydroxylation is 1. The molecule has 5 heteroatoms. The van der Waals surface area contributed by atoms with Crippen molar-refractivity contribution < 1.29 is 18.7 Å². The highest BCUT2D eigenvalue weighted by Crippen LogP contribution is 2.30. The summed E-state index contributed by atoms with van der Waals surface area (Å²) in [6, 6.07) is 4.92. The molecule has 0 fully saturated rings. The fraction of sp³-hybridized carbons (Fsp3) is 0.267. The summed E-state index contributed by atoms with van der Waals surface area (Å²) in [5.74, 6) is -2.19. The van der Waals surface area contributed by atoms with Gasteiger partial charge in [-0.2, -0.15) is 0 Å². The van der Waals surface area contributed by atoms with E-state index < -0.39 is 17.6 Å². The molecule has 1 heterocycles. The molecule has 1 aromatic heterocycles. The van der Waals surface area contributed by atoms with Gasteiger partial charge >= 0.3 is 5.97 Å². The number of carboxylic acid groups (broad SMARTS) is 1. The molecule has 0 aliphatic rings. The van der Waals surface area contributed by atoms with Crippen molar-refractivity contribution in [3.05, 3.63) is 47.2 Å². The van der Waals surface area contributed by atoms with Crippen molar-refractivity contribution in [1.29, 1.82) is 0 Å². The van der Waals surface area contributed by atoms with Crippen LogP contribution in [0.3, 0.4) is 0 Å². The van der Waals surface area contributed by atoms with Crippen molar-refractivity contribution in [2.24, 2.45) is 0 Å². The Balaban J connectivity index is 2.70. The van der Waals surface area contributed by atoms with E-state index in [0.717, 1.165) is 12.1 Å². The molecule has 0 amide bonds. The number of hydrogen-bond donors (Lipinski definition) is 1. The Bertz CT molecular complexity index is 675. The smallest absolute Gasteiger partial charge is 0.352 e. The second kappa shape index (κ2) is 5.07. The number of carbonyl (C=O) groups is 1. The molecule has 0 aliphatic heterocycles. The van der Waals surface area contributed by atoms with Crippen molar-refractivity contribution in [3.8, 4) is 11.3 Å². The summed E-state index contributed by atoms with van der Waals surface area (Å²) >= 11 is 0. The van der Waals surface area contributed by atoms with Gasteiger partial charge in [-0.3, -0.25) is 0 Å². The number of rotatable bonds is 3. The van der Waals surface area contributed by atoms with Crippen LogP contribution in [0.15, 0.2) is 24.3 Å². The summed E-state index contributed by atoms with van der Waals surface area (Å²) in [6.45, 7) is 5.06. The first-order valence-electron chi connectivity index (χ1n) is 6.23. The topological polar surface area (TPSA) is 42.2 Å². The van der Waals surface area contributed by atoms with Crippen LogP contribution in [0.2, 0.25) is 0 Å². The molecular weight excluding hydrogens is 264 g/mol. The summed E-state index contributed by atoms with van der Waals surface area (Å²) in [6.07, 6.45) is 0. The van der Waals surface area contributed by atoms with Crippen LogP contribution < -0.4 is 0 Å². The number of nitrogens with zero attached hydrogens (tertiary/aromatic N) is 1. The van der Waals surface area contributed by atoms with E-state index in [2.05, 4.69) is 0 Å². The van der Waals surface area contributed by atoms with E-state index in [1.54, 1.807) is 13.8 Å². The lowest BCUT2D eigenvalue weighted by molar-refractivity contribution is 0.0683. The Hall–Kier alpha value is -2.17. The van der Waals surface area contributed by atoms with Crippen LogP contribution in [-0.4, -0.2) is 15.6 Å². The number of hydrogen-bond acceptors (Lipinski definition) is 1. The Morgan fingerprint density at radius 2 is 1.85 bits per heavy atom. The first-order valence-corrected chi connectivity index (χ1v) is 6.23. The maximum atomic E-state index is 14.0. The highest BCUT2D eigenvalue weighted by atomic mass is 19.1. The molecule has 0 saturated carbocycles. The summed E-state index contributed by atoms with van der Waals surface area (Å²) in [4.78, 5) is 11.2. The Kier molecular flexibility index (Phi) is 3.61. The number of halogens is 2. The second-order valence-electron chi connectivity index (χ2n) is 4.95. The van der Waals surface area contributed by atoms with Gasteiger partial charge in [0.05, 0.1) is 5.69 Å². The van der Waals surface area contributed by atoms with Gasteiger partial charge in [0.2, 0.25) is 0 Å². The fourth-order valence-electron chi connectivity index (χ4n) is 2.24. The Morgan fingerprint density at radius 1 is 1.20 bits per heavy atom. The quantitative estimate of drug-likeness (QED) is 0.922. The fourth-order valence-corrected chi connectivity index (χ4v) is 2.24. The van der Waals surface area contributed by atoms with Gasteiger partial charge in [-0.05, 0) is 50.6 Å². The molecule has 0 unspecified atom stereocenters. The third kappa shape index (κ3) is 2.31. The number of aromatic carboxylic acids is 1. The molecule has 106 valence electrons. The van der Waals surface area contributed by atoms with E-state index in [0.29, 0.717) is 5.69 Å². The standard InChI is InChI=1S/C15H15F2NO2/c1-8(2)18-13(4-5-14(18)15(19)20)10-7-11(16)9(3)6-12(10)17/h4-8H,1-3H3,(H,19,20). The second-order valence-corrected chi connectivity index (χ2v) is 4.95. The highest BCUT2D eigenvalue weighted by molar-refractivity contribution is 5.87. The third-order valence-electron chi connectivity index (χ3n) is 3.18. The van der Waals surface area contributed by atoms with Gasteiger partial charge in [0.1, 0.15) is 17.3 Å². The minimum absolute atomic E-state index is 0.0513. The predicted molar refractivity (Wildman–Crippen MR) is 71.9 cm³/mol. The molecule has 0 saturated heterocycles. The van der Waals surface area contributed by atoms with Crippen LogP contribution >= 0.6 is 0 Å². The molecule has 3 nitrogen and oxygen atoms in total. The van der Waals surface area contributed by atoms with Crippen LogP contribution in [0, 0.1) is 18.6 Å². The predicted octanol–water partition coefficient (Wildman–Crippen LogP) is 4.02. The van der Waals surface area contributed by atoms with E-state index >= 15 is 0 Å². The number of benzene rings is 1. The Labute approximate surface area is 115 Å². The zero-order valence-electron chi connectivity index (χ0n) is 11.4. The molecule has 1 aromatic carbocycles. The lowest BCUT2D eigenvalue weighted by atomic mass is 10.1. The monoisotopic (exact) mass is 279 g/mol. The van der Waals surface area contributed by atoms with Gasteiger partial charge in [-0.15, -0.1) is 0 Å². The summed E-state index contributed by atoms with van der Waals surface area (Å²) in [5.41, 5.74) is 0.686. The summed E-state index contributed by atoms with van der Waals surface area (Å²) < 4.78 is 29.2. The van der Waals surface area contributed by atoms with Crippen molar-refractivity contribution >= 4 is 5.97 Å². The maximum Gasteiger partial charge on any atom is 0.352 e. The molecule has 0 atom stereocenters. The van der Waals surface area contributed by atoms with Gasteiger partial charge < -0.3 is 9.67 Å². The van der Waals surface area contributed by atoms with Gasteiger partial charge in [0.25, 0.3) is 0 Å². The van der Waals surface area contributed by atoms with Crippen LogP contribution in [0.25, 0.3) is 11.3 Å². The molecular formula is C15H15F2NO2. The molecule has 0 radical (unpaired) electrons. The first kappa shape index (κ1) is 14.2. The van der Waals surface area contributed by atoms with Gasteiger partial charge in [0.15, 0.2) is 0 Å². The Morgan fingerprint density at radius 3 is 2.40 bits per heavy atom. The minimum Gasteiger partial charge on any atom is -0.477 e. The van der Waals surface area contributed by atoms with E-state index in [1.807, 2.05) is 0 Å². The van der Waals surface area contributed by atoms with Gasteiger partial charge in [-0.25, -0.2) is 13.6 Å². The van der Waals surface area contributed by atoms with Crippen molar-refractivity contribution in [2.45, 2.75) is 26.8 Å². The third-order valence-corrected chi connectivity index (χ3v) is 3.18. The van der Waals surface area contributed by atoms with Gasteiger partial charge in [0, 0.05) is 11.6 Å². The van der Waals surface area contributed by atoms with E-state index in [-0.39, 0.29) is 22.9 Å². The molecule has 2 aromatic rings. The van der Waals surface area contributed by atoms with Crippen LogP contribution in [0.5, 0.6) is 0 Å². The summed E-state index contributed by atoms with van der Waals surface area (Å²) in [5, 5.41) is 9.15. The highest BCUT2D eigenvalue weighted by Gasteiger charge is 2.20. The molecule has 1 N–H and O–H groups in total. The van der Waals surface area contributed by atoms with Crippen LogP contribution in [-0.2, 0) is 0 Å². The number of aromatic nitrogens is 1. The molecule has 0 aliphatic carbocycles. The van der Waals surface area contributed by atoms with Crippen molar-refractivity contribution in [3.63, 3.8) is 0 Å². The summed E-state index contributed by atoms with van der Waals surface area (Å²) in [7, 11) is 0. The zero-order chi connectivity index (χ0) is 15.0. The average molecular weight is 279 g/mol. The number of carboxylic acids is 1. The van der Waals surface area contributed by atoms with Crippen LogP contribution in [0.4, 0.5) is 8.78 Å². The molecule has 20 heavy (non-hydrogen) atoms.